The number of alkyl halides is 3. The van der Waals surface area contributed by atoms with Crippen LogP contribution in [0.5, 0.6) is 17.2 Å². The van der Waals surface area contributed by atoms with E-state index >= 15 is 0 Å². The number of carbonyl (C=O) groups excluding carboxylic acids is 1. The van der Waals surface area contributed by atoms with E-state index in [4.69, 9.17) is 44.3 Å². The highest BCUT2D eigenvalue weighted by atomic mass is 35.5. The number of hydrogen-bond donors (Lipinski definition) is 0. The molecule has 13 heteroatoms. The van der Waals surface area contributed by atoms with Crippen molar-refractivity contribution in [2.75, 3.05) is 0 Å². The van der Waals surface area contributed by atoms with Crippen LogP contribution in [0.2, 0.25) is 15.1 Å². The van der Waals surface area contributed by atoms with Crippen molar-refractivity contribution in [2.24, 2.45) is 0 Å². The number of nitro groups is 1. The molecule has 0 aliphatic heterocycles. The summed E-state index contributed by atoms with van der Waals surface area (Å²) in [5.74, 6) is -2.70. The third-order valence-corrected chi connectivity index (χ3v) is 5.86. The summed E-state index contributed by atoms with van der Waals surface area (Å²) in [4.78, 5) is 23.7. The Hall–Kier alpha value is -3.52. The van der Waals surface area contributed by atoms with Crippen LogP contribution >= 0.6 is 34.8 Å². The Bertz CT molecular complexity index is 1410. The van der Waals surface area contributed by atoms with Crippen LogP contribution in [0.1, 0.15) is 24.0 Å². The molecule has 0 aliphatic carbocycles. The summed E-state index contributed by atoms with van der Waals surface area (Å²) in [7, 11) is 0. The smallest absolute Gasteiger partial charge is 0.416 e. The number of carbonyl (C=O) groups is 1. The maximum atomic E-state index is 13.0. The molecule has 0 aromatic heterocycles. The number of hydrogen-bond acceptors (Lipinski definition) is 6. The number of halogens is 6. The number of nitrogens with zero attached hydrogens (tertiary/aromatic N) is 2. The van der Waals surface area contributed by atoms with Gasteiger partial charge in [-0.25, -0.2) is 0 Å². The van der Waals surface area contributed by atoms with Crippen molar-refractivity contribution in [3.05, 3.63) is 90.9 Å². The second-order valence-electron chi connectivity index (χ2n) is 7.52. The molecule has 0 fully saturated rings. The van der Waals surface area contributed by atoms with Gasteiger partial charge in [0.1, 0.15) is 17.4 Å². The number of Topliss-reactive ketones (excluding diaryl/α,β-unsaturated/α-hetero) is 1. The van der Waals surface area contributed by atoms with Gasteiger partial charge in [-0.05, 0) is 48.9 Å². The molecular weight excluding hydrogens is 560 g/mol. The van der Waals surface area contributed by atoms with Crippen molar-refractivity contribution in [3.63, 3.8) is 0 Å². The first kappa shape index (κ1) is 28.1. The van der Waals surface area contributed by atoms with Gasteiger partial charge < -0.3 is 9.47 Å². The number of rotatable bonds is 8. The molecule has 2 unspecified atom stereocenters. The summed E-state index contributed by atoms with van der Waals surface area (Å²) in [6.45, 7) is 1.29. The van der Waals surface area contributed by atoms with E-state index in [1.165, 1.54) is 31.2 Å². The Kier molecular flexibility index (Phi) is 8.53. The normalized spacial score (nSPS) is 12.8. The molecule has 3 aromatic carbocycles. The first-order valence-electron chi connectivity index (χ1n) is 10.2. The van der Waals surface area contributed by atoms with Crippen molar-refractivity contribution >= 4 is 46.3 Å². The minimum Gasteiger partial charge on any atom is -0.476 e. The zero-order valence-corrected chi connectivity index (χ0v) is 20.8. The summed E-state index contributed by atoms with van der Waals surface area (Å²) in [5, 5.41) is 21.1. The largest absolute Gasteiger partial charge is 0.476 e. The number of benzene rings is 3. The van der Waals surface area contributed by atoms with Gasteiger partial charge in [-0.15, -0.1) is 0 Å². The third-order valence-electron chi connectivity index (χ3n) is 5.01. The molecule has 2 atom stereocenters. The fourth-order valence-electron chi connectivity index (χ4n) is 3.20. The van der Waals surface area contributed by atoms with Crippen LogP contribution in [-0.2, 0) is 11.0 Å². The van der Waals surface area contributed by atoms with E-state index in [-0.39, 0.29) is 32.9 Å². The molecule has 0 saturated carbocycles. The standard InChI is InChI=1S/C24H14Cl3F3N2O5/c1-12(23(33)17(11-31)16-5-3-14(25)9-18(16)26)36-22-10-15(4-6-20(22)32(34)35)37-21-7-2-13(8-19(21)27)24(28,29)30/h2-10,12,17H,1H3. The zero-order valence-electron chi connectivity index (χ0n) is 18.6. The van der Waals surface area contributed by atoms with Crippen molar-refractivity contribution in [2.45, 2.75) is 25.1 Å². The maximum Gasteiger partial charge on any atom is 0.416 e. The number of nitriles is 1. The molecule has 3 rings (SSSR count). The summed E-state index contributed by atoms with van der Waals surface area (Å²) >= 11 is 17.9. The van der Waals surface area contributed by atoms with Gasteiger partial charge in [0.2, 0.25) is 5.75 Å². The predicted octanol–water partition coefficient (Wildman–Crippen LogP) is 8.01. The van der Waals surface area contributed by atoms with E-state index in [1.807, 2.05) is 6.07 Å². The molecule has 3 aromatic rings. The van der Waals surface area contributed by atoms with Crippen molar-refractivity contribution in [1.29, 1.82) is 5.26 Å². The van der Waals surface area contributed by atoms with Gasteiger partial charge in [0, 0.05) is 22.2 Å². The number of ether oxygens (including phenoxy) is 2. The molecule has 0 amide bonds. The average molecular weight is 574 g/mol. The van der Waals surface area contributed by atoms with Crippen molar-refractivity contribution in [3.8, 4) is 23.3 Å². The second-order valence-corrected chi connectivity index (χ2v) is 8.77. The zero-order chi connectivity index (χ0) is 27.5. The maximum absolute atomic E-state index is 13.0. The average Bonchev–Trinajstić information content (AvgIpc) is 2.81. The minimum atomic E-state index is -4.61. The van der Waals surface area contributed by atoms with Gasteiger partial charge in [-0.1, -0.05) is 40.9 Å². The van der Waals surface area contributed by atoms with Crippen LogP contribution in [0, 0.1) is 21.4 Å². The lowest BCUT2D eigenvalue weighted by molar-refractivity contribution is -0.386. The highest BCUT2D eigenvalue weighted by molar-refractivity contribution is 6.35. The van der Waals surface area contributed by atoms with Crippen molar-refractivity contribution in [1.82, 2.24) is 0 Å². The Morgan fingerprint density at radius 3 is 2.30 bits per heavy atom. The lowest BCUT2D eigenvalue weighted by Gasteiger charge is -2.18. The number of ketones is 1. The number of nitro benzene ring substituents is 1. The summed E-state index contributed by atoms with van der Waals surface area (Å²) in [6, 6.07) is 11.8. The van der Waals surface area contributed by atoms with Gasteiger partial charge in [-0.3, -0.25) is 14.9 Å². The highest BCUT2D eigenvalue weighted by Gasteiger charge is 2.32. The summed E-state index contributed by atoms with van der Waals surface area (Å²) < 4.78 is 49.7. The first-order valence-corrected chi connectivity index (χ1v) is 11.3. The van der Waals surface area contributed by atoms with E-state index in [1.54, 1.807) is 0 Å². The van der Waals surface area contributed by atoms with Gasteiger partial charge in [0.25, 0.3) is 0 Å². The van der Waals surface area contributed by atoms with Crippen molar-refractivity contribution < 1.29 is 32.4 Å². The highest BCUT2D eigenvalue weighted by Crippen LogP contribution is 2.39. The molecule has 0 radical (unpaired) electrons. The summed E-state index contributed by atoms with van der Waals surface area (Å²) in [6.07, 6.45) is -5.96. The molecule has 7 nitrogen and oxygen atoms in total. The van der Waals surface area contributed by atoms with Gasteiger partial charge in [0.05, 0.1) is 21.6 Å². The molecule has 0 saturated heterocycles. The van der Waals surface area contributed by atoms with Gasteiger partial charge in [0.15, 0.2) is 11.9 Å². The Labute approximate surface area is 223 Å². The molecule has 37 heavy (non-hydrogen) atoms. The first-order chi connectivity index (χ1) is 17.3. The predicted molar refractivity (Wildman–Crippen MR) is 130 cm³/mol. The monoisotopic (exact) mass is 572 g/mol. The minimum absolute atomic E-state index is 0.0699. The van der Waals surface area contributed by atoms with E-state index < -0.39 is 40.2 Å². The Morgan fingerprint density at radius 1 is 1.03 bits per heavy atom. The fraction of sp³-hybridized carbons (Fsp3) is 0.167. The van der Waals surface area contributed by atoms with Crippen LogP contribution in [-0.4, -0.2) is 16.8 Å². The lowest BCUT2D eigenvalue weighted by Crippen LogP contribution is -2.29. The van der Waals surface area contributed by atoms with Gasteiger partial charge in [-0.2, -0.15) is 18.4 Å². The molecule has 0 heterocycles. The van der Waals surface area contributed by atoms with E-state index in [2.05, 4.69) is 0 Å². The van der Waals surface area contributed by atoms with Crippen LogP contribution in [0.4, 0.5) is 18.9 Å². The molecule has 192 valence electrons. The Morgan fingerprint density at radius 2 is 1.73 bits per heavy atom. The van der Waals surface area contributed by atoms with E-state index in [9.17, 15) is 33.3 Å². The molecule has 0 spiro atoms. The van der Waals surface area contributed by atoms with Crippen LogP contribution < -0.4 is 9.47 Å². The summed E-state index contributed by atoms with van der Waals surface area (Å²) in [5.41, 5.74) is -1.33. The Balaban J connectivity index is 1.88. The molecular formula is C24H14Cl3F3N2O5. The SMILES string of the molecule is CC(Oc1cc(Oc2ccc(C(F)(F)F)cc2Cl)ccc1[N+](=O)[O-])C(=O)C(C#N)c1ccc(Cl)cc1Cl. The van der Waals surface area contributed by atoms with Gasteiger partial charge >= 0.3 is 11.9 Å². The van der Waals surface area contributed by atoms with Crippen LogP contribution in [0.15, 0.2) is 54.6 Å². The fourth-order valence-corrected chi connectivity index (χ4v) is 3.93. The molecule has 0 aliphatic rings. The van der Waals surface area contributed by atoms with Crippen LogP contribution in [0.25, 0.3) is 0 Å². The lowest BCUT2D eigenvalue weighted by atomic mass is 9.93. The van der Waals surface area contributed by atoms with E-state index in [0.717, 1.165) is 24.3 Å². The van der Waals surface area contributed by atoms with Crippen LogP contribution in [0.3, 0.4) is 0 Å². The molecule has 0 bridgehead atoms. The third kappa shape index (κ3) is 6.63. The quantitative estimate of drug-likeness (QED) is 0.200. The van der Waals surface area contributed by atoms with E-state index in [0.29, 0.717) is 11.1 Å². The second kappa shape index (κ2) is 11.3. The topological polar surface area (TPSA) is 102 Å². The molecule has 0 N–H and O–H groups in total.